The molecule has 2 amide bonds. The van der Waals surface area contributed by atoms with Gasteiger partial charge in [-0.25, -0.2) is 0 Å². The van der Waals surface area contributed by atoms with E-state index >= 15 is 0 Å². The second kappa shape index (κ2) is 9.66. The van der Waals surface area contributed by atoms with Gasteiger partial charge in [-0.3, -0.25) is 9.59 Å². The number of hydrogen-bond acceptors (Lipinski definition) is 5. The predicted octanol–water partition coefficient (Wildman–Crippen LogP) is 1.50. The minimum absolute atomic E-state index is 0.118. The largest absolute Gasteiger partial charge is 0.368 e. The number of hydrogen-bond donors (Lipinski definition) is 3. The Bertz CT molecular complexity index is 562. The van der Waals surface area contributed by atoms with Crippen LogP contribution in [0.25, 0.3) is 0 Å². The third-order valence-corrected chi connectivity index (χ3v) is 4.50. The molecule has 2 atom stereocenters. The summed E-state index contributed by atoms with van der Waals surface area (Å²) < 4.78 is 5.37. The van der Waals surface area contributed by atoms with Crippen molar-refractivity contribution >= 4 is 29.3 Å². The van der Waals surface area contributed by atoms with Crippen LogP contribution >= 0.6 is 11.8 Å². The molecule has 1 aliphatic heterocycles. The molecule has 4 N–H and O–H groups in total. The summed E-state index contributed by atoms with van der Waals surface area (Å²) in [6, 6.07) is 6.93. The number of nitrogens with two attached hydrogens (primary N) is 1. The summed E-state index contributed by atoms with van der Waals surface area (Å²) >= 11 is 1.67. The average molecular weight is 351 g/mol. The van der Waals surface area contributed by atoms with Gasteiger partial charge in [0.05, 0.1) is 6.04 Å². The Kier molecular flexibility index (Phi) is 7.55. The van der Waals surface area contributed by atoms with Crippen LogP contribution in [0.15, 0.2) is 24.3 Å². The lowest BCUT2D eigenvalue weighted by Crippen LogP contribution is -2.40. The fourth-order valence-corrected chi connectivity index (χ4v) is 2.95. The molecule has 1 fully saturated rings. The third kappa shape index (κ3) is 5.81. The lowest BCUT2D eigenvalue weighted by molar-refractivity contribution is -0.124. The van der Waals surface area contributed by atoms with E-state index in [-0.39, 0.29) is 17.9 Å². The summed E-state index contributed by atoms with van der Waals surface area (Å²) in [5.74, 6) is 0.588. The first kappa shape index (κ1) is 18.8. The van der Waals surface area contributed by atoms with Gasteiger partial charge in [0.15, 0.2) is 0 Å². The number of amides is 2. The molecule has 1 unspecified atom stereocenters. The van der Waals surface area contributed by atoms with Crippen molar-refractivity contribution in [3.63, 3.8) is 0 Å². The molecular formula is C17H25N3O3S. The van der Waals surface area contributed by atoms with E-state index in [4.69, 9.17) is 10.5 Å². The lowest BCUT2D eigenvalue weighted by atomic mass is 10.1. The number of nitrogens with one attached hydrogen (secondary N) is 2. The SMILES string of the molecule is CSCC[C@H](N)C(=O)NCc1cccc(NC(=O)C2CCCO2)c1. The van der Waals surface area contributed by atoms with E-state index in [2.05, 4.69) is 10.6 Å². The molecule has 24 heavy (non-hydrogen) atoms. The Labute approximate surface area is 146 Å². The number of rotatable bonds is 8. The molecule has 2 rings (SSSR count). The van der Waals surface area contributed by atoms with Crippen LogP contribution in [0.2, 0.25) is 0 Å². The number of carbonyl (C=O) groups is 2. The maximum absolute atomic E-state index is 12.1. The second-order valence-corrected chi connectivity index (χ2v) is 6.78. The van der Waals surface area contributed by atoms with Gasteiger partial charge in [-0.05, 0) is 49.0 Å². The van der Waals surface area contributed by atoms with E-state index in [0.29, 0.717) is 25.3 Å². The monoisotopic (exact) mass is 351 g/mol. The molecule has 0 spiro atoms. The number of benzene rings is 1. The number of ether oxygens (including phenoxy) is 1. The van der Waals surface area contributed by atoms with E-state index in [1.807, 2.05) is 30.5 Å². The third-order valence-electron chi connectivity index (χ3n) is 3.85. The summed E-state index contributed by atoms with van der Waals surface area (Å²) in [6.45, 7) is 1.02. The zero-order valence-corrected chi connectivity index (χ0v) is 14.7. The van der Waals surface area contributed by atoms with Crippen molar-refractivity contribution in [2.24, 2.45) is 5.73 Å². The summed E-state index contributed by atoms with van der Waals surface area (Å²) in [7, 11) is 0. The Morgan fingerprint density at radius 1 is 1.46 bits per heavy atom. The standard InChI is InChI=1S/C17H25N3O3S/c1-24-9-7-14(18)16(21)19-11-12-4-2-5-13(10-12)20-17(22)15-6-3-8-23-15/h2,4-5,10,14-15H,3,6-9,11,18H2,1H3,(H,19,21)(H,20,22)/t14-,15?/m0/s1. The van der Waals surface area contributed by atoms with E-state index in [9.17, 15) is 9.59 Å². The maximum atomic E-state index is 12.1. The Hall–Kier alpha value is -1.57. The zero-order chi connectivity index (χ0) is 17.4. The number of thioether (sulfide) groups is 1. The number of anilines is 1. The highest BCUT2D eigenvalue weighted by Crippen LogP contribution is 2.16. The Morgan fingerprint density at radius 3 is 3.00 bits per heavy atom. The van der Waals surface area contributed by atoms with Crippen molar-refractivity contribution in [3.05, 3.63) is 29.8 Å². The molecule has 0 bridgehead atoms. The van der Waals surface area contributed by atoms with Crippen molar-refractivity contribution in [3.8, 4) is 0 Å². The zero-order valence-electron chi connectivity index (χ0n) is 13.9. The van der Waals surface area contributed by atoms with E-state index in [1.165, 1.54) is 0 Å². The lowest BCUT2D eigenvalue weighted by Gasteiger charge is -2.13. The molecule has 0 aromatic heterocycles. The van der Waals surface area contributed by atoms with Crippen molar-refractivity contribution in [2.75, 3.05) is 23.9 Å². The van der Waals surface area contributed by atoms with Crippen LogP contribution in [0.3, 0.4) is 0 Å². The molecule has 0 radical (unpaired) electrons. The summed E-state index contributed by atoms with van der Waals surface area (Å²) in [4.78, 5) is 24.0. The van der Waals surface area contributed by atoms with Crippen LogP contribution in [0.5, 0.6) is 0 Å². The van der Waals surface area contributed by atoms with E-state index in [0.717, 1.165) is 24.2 Å². The van der Waals surface area contributed by atoms with Crippen LogP contribution in [0.4, 0.5) is 5.69 Å². The minimum atomic E-state index is -0.486. The molecule has 132 valence electrons. The molecule has 1 aliphatic rings. The van der Waals surface area contributed by atoms with Crippen LogP contribution in [0.1, 0.15) is 24.8 Å². The van der Waals surface area contributed by atoms with Gasteiger partial charge in [0.1, 0.15) is 6.10 Å². The van der Waals surface area contributed by atoms with E-state index < -0.39 is 6.04 Å². The summed E-state index contributed by atoms with van der Waals surface area (Å²) in [5, 5.41) is 5.69. The molecule has 0 saturated carbocycles. The fraction of sp³-hybridized carbons (Fsp3) is 0.529. The Balaban J connectivity index is 1.83. The van der Waals surface area contributed by atoms with Gasteiger partial charge in [0.2, 0.25) is 5.91 Å². The van der Waals surface area contributed by atoms with Gasteiger partial charge in [0, 0.05) is 18.8 Å². The molecule has 7 heteroatoms. The molecule has 0 aliphatic carbocycles. The first-order chi connectivity index (χ1) is 11.6. The van der Waals surface area contributed by atoms with Gasteiger partial charge >= 0.3 is 0 Å². The summed E-state index contributed by atoms with van der Waals surface area (Å²) in [5.41, 5.74) is 7.45. The first-order valence-corrected chi connectivity index (χ1v) is 9.53. The highest BCUT2D eigenvalue weighted by Gasteiger charge is 2.23. The summed E-state index contributed by atoms with van der Waals surface area (Å²) in [6.07, 6.45) is 3.96. The molecule has 1 aromatic carbocycles. The van der Waals surface area contributed by atoms with Gasteiger partial charge in [-0.2, -0.15) is 11.8 Å². The van der Waals surface area contributed by atoms with Crippen LogP contribution < -0.4 is 16.4 Å². The van der Waals surface area contributed by atoms with Crippen LogP contribution in [-0.4, -0.2) is 42.6 Å². The highest BCUT2D eigenvalue weighted by atomic mass is 32.2. The molecule has 1 aromatic rings. The van der Waals surface area contributed by atoms with Gasteiger partial charge in [-0.1, -0.05) is 12.1 Å². The van der Waals surface area contributed by atoms with Gasteiger partial charge < -0.3 is 21.1 Å². The Morgan fingerprint density at radius 2 is 2.29 bits per heavy atom. The average Bonchev–Trinajstić information content (AvgIpc) is 3.12. The maximum Gasteiger partial charge on any atom is 0.253 e. The molecule has 1 saturated heterocycles. The van der Waals surface area contributed by atoms with Crippen LogP contribution in [0, 0.1) is 0 Å². The highest BCUT2D eigenvalue weighted by molar-refractivity contribution is 7.98. The van der Waals surface area contributed by atoms with E-state index in [1.54, 1.807) is 11.8 Å². The smallest absolute Gasteiger partial charge is 0.253 e. The van der Waals surface area contributed by atoms with Crippen molar-refractivity contribution in [1.29, 1.82) is 0 Å². The van der Waals surface area contributed by atoms with Crippen molar-refractivity contribution in [1.82, 2.24) is 5.32 Å². The first-order valence-electron chi connectivity index (χ1n) is 8.14. The predicted molar refractivity (Wildman–Crippen MR) is 96.9 cm³/mol. The topological polar surface area (TPSA) is 93.5 Å². The molecule has 1 heterocycles. The fourth-order valence-electron chi connectivity index (χ4n) is 2.46. The van der Waals surface area contributed by atoms with Gasteiger partial charge in [-0.15, -0.1) is 0 Å². The van der Waals surface area contributed by atoms with Crippen molar-refractivity contribution < 1.29 is 14.3 Å². The quantitative estimate of drug-likeness (QED) is 0.660. The van der Waals surface area contributed by atoms with Crippen molar-refractivity contribution in [2.45, 2.75) is 38.0 Å². The van der Waals surface area contributed by atoms with Gasteiger partial charge in [0.25, 0.3) is 5.91 Å². The second-order valence-electron chi connectivity index (χ2n) is 5.80. The number of carbonyl (C=O) groups excluding carboxylic acids is 2. The normalized spacial score (nSPS) is 18.2. The minimum Gasteiger partial charge on any atom is -0.368 e. The van der Waals surface area contributed by atoms with Crippen LogP contribution in [-0.2, 0) is 20.9 Å². The molecular weight excluding hydrogens is 326 g/mol. The molecule has 6 nitrogen and oxygen atoms in total.